The number of rotatable bonds is 6. The van der Waals surface area contributed by atoms with E-state index < -0.39 is 12.0 Å². The Balaban J connectivity index is 0.000000550. The number of nitriles is 1. The summed E-state index contributed by atoms with van der Waals surface area (Å²) in [4.78, 5) is 12.4. The lowest BCUT2D eigenvalue weighted by molar-refractivity contribution is 0.0746. The minimum absolute atomic E-state index is 0.381. The lowest BCUT2D eigenvalue weighted by Gasteiger charge is -2.14. The van der Waals surface area contributed by atoms with Gasteiger partial charge >= 0.3 is 0 Å². The van der Waals surface area contributed by atoms with Gasteiger partial charge < -0.3 is 9.84 Å². The molecule has 0 bridgehead atoms. The average Bonchev–Trinajstić information content (AvgIpc) is 2.68. The monoisotopic (exact) mass is 339 g/mol. The Labute approximate surface area is 149 Å². The molecule has 0 aliphatic rings. The predicted molar refractivity (Wildman–Crippen MR) is 98.4 cm³/mol. The van der Waals surface area contributed by atoms with Crippen LogP contribution in [0, 0.1) is 11.3 Å². The summed E-state index contributed by atoms with van der Waals surface area (Å²) in [5, 5.41) is 19.2. The van der Waals surface area contributed by atoms with Gasteiger partial charge in [0, 0.05) is 18.8 Å². The molecule has 4 nitrogen and oxygen atoms in total. The maximum Gasteiger partial charge on any atom is 0.196 e. The van der Waals surface area contributed by atoms with Crippen LogP contribution in [0.5, 0.6) is 0 Å². The van der Waals surface area contributed by atoms with Crippen molar-refractivity contribution in [1.82, 2.24) is 0 Å². The van der Waals surface area contributed by atoms with Crippen LogP contribution < -0.4 is 0 Å². The molecule has 2 aromatic carbocycles. The lowest BCUT2D eigenvalue weighted by Crippen LogP contribution is -2.15. The Hall–Kier alpha value is -2.48. The number of nitrogens with zero attached hydrogens (tertiary/aromatic N) is 1. The van der Waals surface area contributed by atoms with Crippen LogP contribution in [0.25, 0.3) is 0 Å². The van der Waals surface area contributed by atoms with E-state index in [-0.39, 0.29) is 5.78 Å². The third-order valence-corrected chi connectivity index (χ3v) is 3.66. The SMILES string of the molecule is CC(C#N)c1ccccc1C(=O)C(O)c1ccccc1.CCOCC. The third-order valence-electron chi connectivity index (χ3n) is 3.66. The van der Waals surface area contributed by atoms with Gasteiger partial charge in [-0.1, -0.05) is 54.6 Å². The van der Waals surface area contributed by atoms with Crippen molar-refractivity contribution in [3.8, 4) is 6.07 Å². The first-order valence-corrected chi connectivity index (χ1v) is 8.40. The first-order valence-electron chi connectivity index (χ1n) is 8.40. The van der Waals surface area contributed by atoms with Crippen molar-refractivity contribution in [3.63, 3.8) is 0 Å². The molecule has 0 radical (unpaired) electrons. The van der Waals surface area contributed by atoms with Crippen LogP contribution in [0.15, 0.2) is 54.6 Å². The highest BCUT2D eigenvalue weighted by molar-refractivity contribution is 6.01. The second kappa shape index (κ2) is 11.1. The first kappa shape index (κ1) is 20.6. The zero-order chi connectivity index (χ0) is 18.7. The molecule has 0 saturated carbocycles. The number of aliphatic hydroxyl groups is 1. The molecule has 0 aliphatic carbocycles. The molecule has 0 saturated heterocycles. The topological polar surface area (TPSA) is 70.3 Å². The summed E-state index contributed by atoms with van der Waals surface area (Å²) in [5.74, 6) is -0.771. The summed E-state index contributed by atoms with van der Waals surface area (Å²) in [7, 11) is 0. The predicted octanol–water partition coefficient (Wildman–Crippen LogP) is 4.27. The van der Waals surface area contributed by atoms with Crippen LogP contribution in [0.2, 0.25) is 0 Å². The summed E-state index contributed by atoms with van der Waals surface area (Å²) in [5.41, 5.74) is 1.60. The number of ether oxygens (including phenoxy) is 1. The molecule has 2 atom stereocenters. The Kier molecular flexibility index (Phi) is 9.16. The molecule has 2 aromatic rings. The van der Waals surface area contributed by atoms with Crippen LogP contribution in [0.3, 0.4) is 0 Å². The number of ketones is 1. The fourth-order valence-electron chi connectivity index (χ4n) is 2.31. The second-order valence-electron chi connectivity index (χ2n) is 5.40. The molecule has 0 heterocycles. The standard InChI is InChI=1S/C17H15NO2.C4H10O/c1-12(11-18)14-9-5-6-10-15(14)17(20)16(19)13-7-3-2-4-8-13;1-3-5-4-2/h2-10,12,16,19H,1H3;3-4H2,1-2H3. The van der Waals surface area contributed by atoms with Gasteiger partial charge in [-0.15, -0.1) is 0 Å². The van der Waals surface area contributed by atoms with Crippen molar-refractivity contribution in [2.75, 3.05) is 13.2 Å². The van der Waals surface area contributed by atoms with Crippen molar-refractivity contribution < 1.29 is 14.6 Å². The molecule has 1 N–H and O–H groups in total. The minimum atomic E-state index is -1.21. The lowest BCUT2D eigenvalue weighted by atomic mass is 9.91. The van der Waals surface area contributed by atoms with Crippen molar-refractivity contribution in [1.29, 1.82) is 5.26 Å². The molecule has 132 valence electrons. The summed E-state index contributed by atoms with van der Waals surface area (Å²) < 4.78 is 4.83. The van der Waals surface area contributed by atoms with Gasteiger partial charge in [0.25, 0.3) is 0 Å². The van der Waals surface area contributed by atoms with Crippen LogP contribution in [0.4, 0.5) is 0 Å². The quantitative estimate of drug-likeness (QED) is 0.798. The third kappa shape index (κ3) is 6.15. The van der Waals surface area contributed by atoms with Crippen LogP contribution in [-0.4, -0.2) is 24.1 Å². The van der Waals surface area contributed by atoms with Gasteiger partial charge in [-0.3, -0.25) is 4.79 Å². The van der Waals surface area contributed by atoms with Crippen LogP contribution >= 0.6 is 0 Å². The van der Waals surface area contributed by atoms with E-state index in [0.29, 0.717) is 16.7 Å². The molecule has 0 amide bonds. The molecular weight excluding hydrogens is 314 g/mol. The van der Waals surface area contributed by atoms with Gasteiger partial charge in [0.05, 0.1) is 12.0 Å². The number of aliphatic hydroxyl groups excluding tert-OH is 1. The summed E-state index contributed by atoms with van der Waals surface area (Å²) in [6, 6.07) is 17.8. The van der Waals surface area contributed by atoms with E-state index in [1.807, 2.05) is 19.9 Å². The average molecular weight is 339 g/mol. The Morgan fingerprint density at radius 1 is 1.08 bits per heavy atom. The van der Waals surface area contributed by atoms with Gasteiger partial charge in [-0.25, -0.2) is 0 Å². The van der Waals surface area contributed by atoms with Gasteiger partial charge in [0.2, 0.25) is 0 Å². The van der Waals surface area contributed by atoms with Crippen molar-refractivity contribution in [3.05, 3.63) is 71.3 Å². The fraction of sp³-hybridized carbons (Fsp3) is 0.333. The fourth-order valence-corrected chi connectivity index (χ4v) is 2.31. The molecule has 0 fully saturated rings. The first-order chi connectivity index (χ1) is 12.1. The molecule has 0 aromatic heterocycles. The minimum Gasteiger partial charge on any atom is -0.382 e. The normalized spacial score (nSPS) is 12.3. The highest BCUT2D eigenvalue weighted by Crippen LogP contribution is 2.25. The summed E-state index contributed by atoms with van der Waals surface area (Å²) >= 11 is 0. The van der Waals surface area contributed by atoms with Crippen molar-refractivity contribution >= 4 is 5.78 Å². The van der Waals surface area contributed by atoms with E-state index in [9.17, 15) is 9.90 Å². The largest absolute Gasteiger partial charge is 0.382 e. The maximum absolute atomic E-state index is 12.4. The number of carbonyl (C=O) groups excluding carboxylic acids is 1. The van der Waals surface area contributed by atoms with E-state index in [2.05, 4.69) is 6.07 Å². The van der Waals surface area contributed by atoms with E-state index in [1.165, 1.54) is 0 Å². The second-order valence-corrected chi connectivity index (χ2v) is 5.40. The zero-order valence-corrected chi connectivity index (χ0v) is 15.0. The molecule has 4 heteroatoms. The number of hydrogen-bond donors (Lipinski definition) is 1. The molecule has 25 heavy (non-hydrogen) atoms. The number of Topliss-reactive ketones (excluding diaryl/α,β-unsaturated/α-hetero) is 1. The Morgan fingerprint density at radius 2 is 1.64 bits per heavy atom. The van der Waals surface area contributed by atoms with Crippen molar-refractivity contribution in [2.24, 2.45) is 0 Å². The molecular formula is C21H25NO3. The van der Waals surface area contributed by atoms with Crippen LogP contribution in [-0.2, 0) is 4.74 Å². The summed E-state index contributed by atoms with van der Waals surface area (Å²) in [6.45, 7) is 7.40. The van der Waals surface area contributed by atoms with E-state index in [4.69, 9.17) is 10.00 Å². The highest BCUT2D eigenvalue weighted by atomic mass is 16.5. The van der Waals surface area contributed by atoms with Gasteiger partial charge in [0.1, 0.15) is 6.10 Å². The smallest absolute Gasteiger partial charge is 0.196 e. The van der Waals surface area contributed by atoms with E-state index >= 15 is 0 Å². The number of hydrogen-bond acceptors (Lipinski definition) is 4. The van der Waals surface area contributed by atoms with Gasteiger partial charge in [-0.05, 0) is 31.9 Å². The zero-order valence-electron chi connectivity index (χ0n) is 15.0. The number of benzene rings is 2. The molecule has 2 rings (SSSR count). The Bertz CT molecular complexity index is 690. The highest BCUT2D eigenvalue weighted by Gasteiger charge is 2.23. The molecule has 0 aliphatic heterocycles. The molecule has 2 unspecified atom stereocenters. The Morgan fingerprint density at radius 3 is 2.16 bits per heavy atom. The summed E-state index contributed by atoms with van der Waals surface area (Å²) in [6.07, 6.45) is -1.21. The number of carbonyl (C=O) groups is 1. The molecule has 0 spiro atoms. The maximum atomic E-state index is 12.4. The van der Waals surface area contributed by atoms with E-state index in [0.717, 1.165) is 13.2 Å². The van der Waals surface area contributed by atoms with E-state index in [1.54, 1.807) is 55.5 Å². The van der Waals surface area contributed by atoms with Gasteiger partial charge in [-0.2, -0.15) is 5.26 Å². The van der Waals surface area contributed by atoms with Crippen LogP contribution in [0.1, 0.15) is 54.3 Å². The van der Waals surface area contributed by atoms with Crippen molar-refractivity contribution in [2.45, 2.75) is 32.8 Å². The van der Waals surface area contributed by atoms with Gasteiger partial charge in [0.15, 0.2) is 5.78 Å².